The molecule has 1 amide bonds. The summed E-state index contributed by atoms with van der Waals surface area (Å²) in [7, 11) is 1.54. The average molecular weight is 332 g/mol. The summed E-state index contributed by atoms with van der Waals surface area (Å²) in [5.74, 6) is 0.547. The number of fused-ring (bicyclic) bond motifs is 1. The van der Waals surface area contributed by atoms with Crippen LogP contribution in [0.4, 0.5) is 4.79 Å². The van der Waals surface area contributed by atoms with Crippen LogP contribution in [0.3, 0.4) is 0 Å². The van der Waals surface area contributed by atoms with Crippen molar-refractivity contribution >= 4 is 11.9 Å². The van der Waals surface area contributed by atoms with Gasteiger partial charge in [0.1, 0.15) is 11.3 Å². The van der Waals surface area contributed by atoms with Gasteiger partial charge in [0.25, 0.3) is 0 Å². The molecule has 1 aromatic rings. The lowest BCUT2D eigenvalue weighted by Gasteiger charge is -2.38. The number of Topliss-reactive ketones (excluding diaryl/α,β-unsaturated/α-hetero) is 1. The Hall–Kier alpha value is -2.11. The van der Waals surface area contributed by atoms with E-state index >= 15 is 0 Å². The molecule has 0 N–H and O–H groups in total. The minimum absolute atomic E-state index is 0.0836. The van der Waals surface area contributed by atoms with Crippen LogP contribution in [0.5, 0.6) is 5.88 Å². The molecule has 0 bridgehead atoms. The van der Waals surface area contributed by atoms with Gasteiger partial charge in [-0.3, -0.25) is 4.79 Å². The summed E-state index contributed by atoms with van der Waals surface area (Å²) in [6.45, 7) is 6.63. The number of pyridine rings is 1. The van der Waals surface area contributed by atoms with Crippen molar-refractivity contribution in [3.63, 3.8) is 0 Å². The van der Waals surface area contributed by atoms with Crippen LogP contribution in [0.2, 0.25) is 0 Å². The zero-order valence-electron chi connectivity index (χ0n) is 14.7. The van der Waals surface area contributed by atoms with Crippen molar-refractivity contribution in [3.8, 4) is 5.88 Å². The fourth-order valence-corrected chi connectivity index (χ4v) is 3.47. The van der Waals surface area contributed by atoms with Crippen LogP contribution < -0.4 is 4.74 Å². The standard InChI is InChI=1S/C18H24N2O4/c1-17(2,3)24-16(22)20-9-7-18(8-10-20)11-12-5-6-13(23-4)19-14(12)15(18)21/h5-6H,7-11H2,1-4H3. The summed E-state index contributed by atoms with van der Waals surface area (Å²) in [4.78, 5) is 31.1. The van der Waals surface area contributed by atoms with Gasteiger partial charge in [-0.25, -0.2) is 9.78 Å². The molecule has 1 fully saturated rings. The maximum Gasteiger partial charge on any atom is 0.410 e. The van der Waals surface area contributed by atoms with Gasteiger partial charge in [0.2, 0.25) is 5.88 Å². The van der Waals surface area contributed by atoms with Gasteiger partial charge in [-0.15, -0.1) is 0 Å². The predicted molar refractivity (Wildman–Crippen MR) is 88.3 cm³/mol. The third-order valence-corrected chi connectivity index (χ3v) is 4.76. The summed E-state index contributed by atoms with van der Waals surface area (Å²) >= 11 is 0. The van der Waals surface area contributed by atoms with E-state index in [4.69, 9.17) is 9.47 Å². The third kappa shape index (κ3) is 2.97. The summed E-state index contributed by atoms with van der Waals surface area (Å²) in [5.41, 5.74) is 0.568. The Morgan fingerprint density at radius 1 is 1.25 bits per heavy atom. The van der Waals surface area contributed by atoms with Gasteiger partial charge in [0.15, 0.2) is 5.78 Å². The Morgan fingerprint density at radius 3 is 2.50 bits per heavy atom. The number of methoxy groups -OCH3 is 1. The minimum Gasteiger partial charge on any atom is -0.481 e. The fraction of sp³-hybridized carbons (Fsp3) is 0.611. The Bertz CT molecular complexity index is 670. The Balaban J connectivity index is 1.70. The number of hydrogen-bond donors (Lipinski definition) is 0. The second kappa shape index (κ2) is 5.76. The van der Waals surface area contributed by atoms with E-state index in [1.807, 2.05) is 26.8 Å². The lowest BCUT2D eigenvalue weighted by Crippen LogP contribution is -2.47. The molecule has 6 heteroatoms. The highest BCUT2D eigenvalue weighted by Gasteiger charge is 2.48. The van der Waals surface area contributed by atoms with Gasteiger partial charge in [-0.05, 0) is 45.6 Å². The molecule has 24 heavy (non-hydrogen) atoms. The van der Waals surface area contributed by atoms with Crippen LogP contribution in [-0.4, -0.2) is 47.6 Å². The highest BCUT2D eigenvalue weighted by Crippen LogP contribution is 2.44. The molecular formula is C18H24N2O4. The Kier molecular flexibility index (Phi) is 4.01. The molecule has 1 aromatic heterocycles. The van der Waals surface area contributed by atoms with Crippen molar-refractivity contribution in [1.82, 2.24) is 9.88 Å². The van der Waals surface area contributed by atoms with Crippen molar-refractivity contribution in [2.75, 3.05) is 20.2 Å². The largest absolute Gasteiger partial charge is 0.481 e. The first-order valence-corrected chi connectivity index (χ1v) is 8.31. The number of amides is 1. The molecule has 130 valence electrons. The first kappa shape index (κ1) is 16.7. The van der Waals surface area contributed by atoms with Crippen LogP contribution >= 0.6 is 0 Å². The zero-order chi connectivity index (χ0) is 17.5. The number of rotatable bonds is 1. The second-order valence-electron chi connectivity index (χ2n) is 7.61. The molecule has 0 aromatic carbocycles. The van der Waals surface area contributed by atoms with Crippen molar-refractivity contribution in [2.45, 2.75) is 45.6 Å². The SMILES string of the molecule is COc1ccc2c(n1)C(=O)C1(CCN(C(=O)OC(C)(C)C)CC1)C2. The van der Waals surface area contributed by atoms with E-state index in [9.17, 15) is 9.59 Å². The molecule has 6 nitrogen and oxygen atoms in total. The van der Waals surface area contributed by atoms with Crippen molar-refractivity contribution in [3.05, 3.63) is 23.4 Å². The van der Waals surface area contributed by atoms with Gasteiger partial charge >= 0.3 is 6.09 Å². The zero-order valence-corrected chi connectivity index (χ0v) is 14.7. The van der Waals surface area contributed by atoms with E-state index in [0.29, 0.717) is 43.9 Å². The molecule has 1 saturated heterocycles. The smallest absolute Gasteiger partial charge is 0.410 e. The molecule has 2 aliphatic rings. The lowest BCUT2D eigenvalue weighted by molar-refractivity contribution is 0.0113. The summed E-state index contributed by atoms with van der Waals surface area (Å²) < 4.78 is 10.5. The highest BCUT2D eigenvalue weighted by molar-refractivity contribution is 6.03. The van der Waals surface area contributed by atoms with Gasteiger partial charge in [0, 0.05) is 24.6 Å². The third-order valence-electron chi connectivity index (χ3n) is 4.76. The molecule has 3 rings (SSSR count). The number of ether oxygens (including phenoxy) is 2. The number of piperidine rings is 1. The number of nitrogens with zero attached hydrogens (tertiary/aromatic N) is 2. The second-order valence-corrected chi connectivity index (χ2v) is 7.61. The van der Waals surface area contributed by atoms with E-state index in [1.54, 1.807) is 18.1 Å². The number of carbonyl (C=O) groups is 2. The normalized spacial score (nSPS) is 19.3. The molecule has 0 unspecified atom stereocenters. The maximum absolute atomic E-state index is 12.9. The van der Waals surface area contributed by atoms with E-state index in [-0.39, 0.29) is 11.9 Å². The van der Waals surface area contributed by atoms with Crippen molar-refractivity contribution in [1.29, 1.82) is 0 Å². The number of hydrogen-bond acceptors (Lipinski definition) is 5. The Morgan fingerprint density at radius 2 is 1.92 bits per heavy atom. The molecule has 0 atom stereocenters. The predicted octanol–water partition coefficient (Wildman–Crippen LogP) is 2.85. The lowest BCUT2D eigenvalue weighted by atomic mass is 9.75. The van der Waals surface area contributed by atoms with Gasteiger partial charge in [-0.1, -0.05) is 6.07 Å². The van der Waals surface area contributed by atoms with Crippen LogP contribution in [0, 0.1) is 5.41 Å². The Labute approximate surface area is 142 Å². The molecule has 0 saturated carbocycles. The molecule has 2 heterocycles. The summed E-state index contributed by atoms with van der Waals surface area (Å²) in [5, 5.41) is 0. The average Bonchev–Trinajstić information content (AvgIpc) is 2.78. The van der Waals surface area contributed by atoms with Gasteiger partial charge < -0.3 is 14.4 Å². The quantitative estimate of drug-likeness (QED) is 0.791. The number of ketones is 1. The molecule has 1 aliphatic carbocycles. The fourth-order valence-electron chi connectivity index (χ4n) is 3.47. The van der Waals surface area contributed by atoms with E-state index in [2.05, 4.69) is 4.98 Å². The van der Waals surface area contributed by atoms with Crippen molar-refractivity contribution < 1.29 is 19.1 Å². The van der Waals surface area contributed by atoms with E-state index < -0.39 is 11.0 Å². The first-order chi connectivity index (χ1) is 11.2. The monoisotopic (exact) mass is 332 g/mol. The molecular weight excluding hydrogens is 308 g/mol. The van der Waals surface area contributed by atoms with E-state index in [1.165, 1.54) is 0 Å². The highest BCUT2D eigenvalue weighted by atomic mass is 16.6. The van der Waals surface area contributed by atoms with E-state index in [0.717, 1.165) is 5.56 Å². The summed E-state index contributed by atoms with van der Waals surface area (Å²) in [6, 6.07) is 3.72. The first-order valence-electron chi connectivity index (χ1n) is 8.31. The van der Waals surface area contributed by atoms with Crippen LogP contribution in [0.1, 0.15) is 49.7 Å². The molecule has 0 radical (unpaired) electrons. The van der Waals surface area contributed by atoms with Crippen LogP contribution in [0.25, 0.3) is 0 Å². The van der Waals surface area contributed by atoms with Gasteiger partial charge in [0.05, 0.1) is 7.11 Å². The number of aromatic nitrogens is 1. The maximum atomic E-state index is 12.9. The summed E-state index contributed by atoms with van der Waals surface area (Å²) in [6.07, 6.45) is 1.67. The topological polar surface area (TPSA) is 68.7 Å². The molecule has 1 aliphatic heterocycles. The molecule has 1 spiro atoms. The van der Waals surface area contributed by atoms with Crippen molar-refractivity contribution in [2.24, 2.45) is 5.41 Å². The van der Waals surface area contributed by atoms with Crippen LogP contribution in [-0.2, 0) is 11.2 Å². The number of carbonyl (C=O) groups excluding carboxylic acids is 2. The number of likely N-dealkylation sites (tertiary alicyclic amines) is 1. The minimum atomic E-state index is -0.508. The van der Waals surface area contributed by atoms with Crippen LogP contribution in [0.15, 0.2) is 12.1 Å². The van der Waals surface area contributed by atoms with Gasteiger partial charge in [-0.2, -0.15) is 0 Å².